The molecule has 0 fully saturated rings. The zero-order valence-electron chi connectivity index (χ0n) is 19.9. The minimum Gasteiger partial charge on any atom is -0.289 e. The summed E-state index contributed by atoms with van der Waals surface area (Å²) in [6, 6.07) is 40.6. The summed E-state index contributed by atoms with van der Waals surface area (Å²) in [4.78, 5) is 26.1. The Balaban J connectivity index is 1.34. The second kappa shape index (κ2) is 10.7. The first kappa shape index (κ1) is 23.1. The molecular formula is C33H26NO2+. The molecule has 36 heavy (non-hydrogen) atoms. The highest BCUT2D eigenvalue weighted by Gasteiger charge is 2.20. The number of carbonyl (C=O) groups excluding carboxylic acids is 2. The lowest BCUT2D eigenvalue weighted by molar-refractivity contribution is -0.690. The molecule has 0 aliphatic heterocycles. The van der Waals surface area contributed by atoms with Gasteiger partial charge in [0.2, 0.25) is 0 Å². The van der Waals surface area contributed by atoms with Crippen molar-refractivity contribution in [2.75, 3.05) is 0 Å². The summed E-state index contributed by atoms with van der Waals surface area (Å²) in [5.74, 6) is 0.0476. The fourth-order valence-corrected chi connectivity index (χ4v) is 4.38. The third-order valence-corrected chi connectivity index (χ3v) is 6.28. The Morgan fingerprint density at radius 3 is 1.78 bits per heavy atom. The maximum absolute atomic E-state index is 13.1. The van der Waals surface area contributed by atoms with Crippen molar-refractivity contribution in [2.45, 2.75) is 13.0 Å². The number of carbonyl (C=O) groups is 2. The second-order valence-corrected chi connectivity index (χ2v) is 8.75. The predicted molar refractivity (Wildman–Crippen MR) is 141 cm³/mol. The van der Waals surface area contributed by atoms with E-state index in [1.54, 1.807) is 0 Å². The van der Waals surface area contributed by atoms with Crippen LogP contribution in [0, 0.1) is 0 Å². The van der Waals surface area contributed by atoms with Crippen LogP contribution < -0.4 is 4.57 Å². The first-order valence-corrected chi connectivity index (χ1v) is 12.0. The number of aromatic nitrogens is 1. The molecule has 3 heteroatoms. The van der Waals surface area contributed by atoms with Crippen LogP contribution in [0.3, 0.4) is 0 Å². The van der Waals surface area contributed by atoms with Crippen molar-refractivity contribution in [3.8, 4) is 0 Å². The number of hydrogen-bond acceptors (Lipinski definition) is 2. The summed E-state index contributed by atoms with van der Waals surface area (Å²) in [6.07, 6.45) is 2.61. The molecule has 3 nitrogen and oxygen atoms in total. The highest BCUT2D eigenvalue weighted by Crippen LogP contribution is 2.19. The average Bonchev–Trinajstić information content (AvgIpc) is 2.95. The molecule has 0 aliphatic rings. The van der Waals surface area contributed by atoms with Crippen LogP contribution in [-0.4, -0.2) is 11.6 Å². The Bertz CT molecular complexity index is 1370. The van der Waals surface area contributed by atoms with Crippen molar-refractivity contribution < 1.29 is 14.2 Å². The third kappa shape index (κ3) is 5.21. The van der Waals surface area contributed by atoms with Crippen LogP contribution in [0.15, 0.2) is 134 Å². The maximum atomic E-state index is 13.1. The quantitative estimate of drug-likeness (QED) is 0.205. The lowest BCUT2D eigenvalue weighted by Gasteiger charge is -2.10. The first-order chi connectivity index (χ1) is 17.7. The topological polar surface area (TPSA) is 38.0 Å². The minimum absolute atomic E-state index is 0.00695. The average molecular weight is 469 g/mol. The predicted octanol–water partition coefficient (Wildman–Crippen LogP) is 6.08. The van der Waals surface area contributed by atoms with Crippen LogP contribution in [-0.2, 0) is 13.0 Å². The van der Waals surface area contributed by atoms with Gasteiger partial charge in [-0.15, -0.1) is 0 Å². The maximum Gasteiger partial charge on any atom is 0.256 e. The van der Waals surface area contributed by atoms with E-state index in [1.807, 2.05) is 114 Å². The van der Waals surface area contributed by atoms with Gasteiger partial charge in [-0.3, -0.25) is 9.59 Å². The van der Waals surface area contributed by atoms with Crippen molar-refractivity contribution in [1.29, 1.82) is 0 Å². The van der Waals surface area contributed by atoms with Crippen LogP contribution in [0.25, 0.3) is 0 Å². The molecular weight excluding hydrogens is 442 g/mol. The van der Waals surface area contributed by atoms with E-state index < -0.39 is 0 Å². The molecule has 5 aromatic rings. The van der Waals surface area contributed by atoms with Crippen LogP contribution in [0.2, 0.25) is 0 Å². The second-order valence-electron chi connectivity index (χ2n) is 8.75. The van der Waals surface area contributed by atoms with E-state index >= 15 is 0 Å². The molecule has 0 amide bonds. The minimum atomic E-state index is 0.00695. The summed E-state index contributed by atoms with van der Waals surface area (Å²) in [5, 5.41) is 0. The fourth-order valence-electron chi connectivity index (χ4n) is 4.38. The summed E-state index contributed by atoms with van der Waals surface area (Å²) in [6.45, 7) is 0.595. The van der Waals surface area contributed by atoms with Crippen LogP contribution in [0.5, 0.6) is 0 Å². The molecule has 1 aromatic heterocycles. The number of rotatable bonds is 8. The van der Waals surface area contributed by atoms with Gasteiger partial charge in [-0.25, -0.2) is 0 Å². The van der Waals surface area contributed by atoms with Crippen molar-refractivity contribution in [3.05, 3.63) is 173 Å². The Kier molecular flexibility index (Phi) is 6.90. The van der Waals surface area contributed by atoms with Gasteiger partial charge in [0.25, 0.3) is 11.5 Å². The summed E-state index contributed by atoms with van der Waals surface area (Å²) >= 11 is 0. The molecule has 0 atom stereocenters. The van der Waals surface area contributed by atoms with E-state index in [9.17, 15) is 9.59 Å². The number of benzene rings is 4. The molecule has 1 heterocycles. The normalized spacial score (nSPS) is 10.7. The number of pyridine rings is 1. The smallest absolute Gasteiger partial charge is 0.256 e. The summed E-state index contributed by atoms with van der Waals surface area (Å²) in [7, 11) is 0. The van der Waals surface area contributed by atoms with E-state index in [0.717, 1.165) is 22.3 Å². The van der Waals surface area contributed by atoms with Crippen molar-refractivity contribution in [3.63, 3.8) is 0 Å². The van der Waals surface area contributed by atoms with Gasteiger partial charge in [-0.05, 0) is 23.6 Å². The molecule has 5 rings (SSSR count). The SMILES string of the molecule is O=C(c1ccccc1)c1ccccc1Cc1ccc(C[n+]2ccccc2C(=O)c2ccccc2)cc1. The van der Waals surface area contributed by atoms with Crippen LogP contribution >= 0.6 is 0 Å². The van der Waals surface area contributed by atoms with E-state index in [4.69, 9.17) is 0 Å². The van der Waals surface area contributed by atoms with Crippen molar-refractivity contribution in [1.82, 2.24) is 0 Å². The van der Waals surface area contributed by atoms with E-state index in [0.29, 0.717) is 29.8 Å². The highest BCUT2D eigenvalue weighted by atomic mass is 16.1. The molecule has 0 radical (unpaired) electrons. The van der Waals surface area contributed by atoms with Gasteiger partial charge in [0, 0.05) is 34.4 Å². The molecule has 174 valence electrons. The van der Waals surface area contributed by atoms with E-state index in [-0.39, 0.29) is 11.6 Å². The molecule has 0 spiro atoms. The van der Waals surface area contributed by atoms with Gasteiger partial charge in [0.05, 0.1) is 0 Å². The Labute approximate surface area is 211 Å². The Morgan fingerprint density at radius 2 is 1.08 bits per heavy atom. The van der Waals surface area contributed by atoms with Gasteiger partial charge in [0.15, 0.2) is 18.5 Å². The zero-order chi connectivity index (χ0) is 24.7. The summed E-state index contributed by atoms with van der Waals surface area (Å²) in [5.41, 5.74) is 6.00. The largest absolute Gasteiger partial charge is 0.289 e. The lowest BCUT2D eigenvalue weighted by Crippen LogP contribution is -2.40. The number of nitrogens with zero attached hydrogens (tertiary/aromatic N) is 1. The van der Waals surface area contributed by atoms with Gasteiger partial charge in [0.1, 0.15) is 0 Å². The number of hydrogen-bond donors (Lipinski definition) is 0. The van der Waals surface area contributed by atoms with Gasteiger partial charge >= 0.3 is 0 Å². The fraction of sp³-hybridized carbons (Fsp3) is 0.0606. The molecule has 0 bridgehead atoms. The molecule has 0 saturated carbocycles. The standard InChI is InChI=1S/C33H26NO2/c35-32(27-11-3-1-4-12-27)30-16-8-7-15-29(30)23-25-18-20-26(21-19-25)24-34-22-10-9-17-31(34)33(36)28-13-5-2-6-14-28/h1-22H,23-24H2/q+1. The third-order valence-electron chi connectivity index (χ3n) is 6.28. The molecule has 0 N–H and O–H groups in total. The van der Waals surface area contributed by atoms with Crippen molar-refractivity contribution in [2.24, 2.45) is 0 Å². The van der Waals surface area contributed by atoms with Crippen LogP contribution in [0.1, 0.15) is 48.7 Å². The van der Waals surface area contributed by atoms with Crippen molar-refractivity contribution >= 4 is 11.6 Å². The first-order valence-electron chi connectivity index (χ1n) is 12.0. The van der Waals surface area contributed by atoms with Gasteiger partial charge in [-0.2, -0.15) is 4.57 Å². The molecule has 0 aliphatic carbocycles. The Morgan fingerprint density at radius 1 is 0.528 bits per heavy atom. The monoisotopic (exact) mass is 468 g/mol. The van der Waals surface area contributed by atoms with Crippen LogP contribution in [0.4, 0.5) is 0 Å². The molecule has 0 unspecified atom stereocenters. The van der Waals surface area contributed by atoms with E-state index in [1.165, 1.54) is 0 Å². The zero-order valence-corrected chi connectivity index (χ0v) is 19.9. The molecule has 0 saturated heterocycles. The van der Waals surface area contributed by atoms with Gasteiger partial charge in [-0.1, -0.05) is 109 Å². The highest BCUT2D eigenvalue weighted by molar-refractivity contribution is 6.10. The molecule has 4 aromatic carbocycles. The Hall–Kier alpha value is -4.63. The lowest BCUT2D eigenvalue weighted by atomic mass is 9.94. The summed E-state index contributed by atoms with van der Waals surface area (Å²) < 4.78 is 1.98. The van der Waals surface area contributed by atoms with Gasteiger partial charge < -0.3 is 0 Å². The van der Waals surface area contributed by atoms with E-state index in [2.05, 4.69) is 24.3 Å². The number of ketones is 2.